The number of carbonyl (C=O) groups excluding carboxylic acids is 2. The molecule has 2 amide bonds. The predicted molar refractivity (Wildman–Crippen MR) is 103 cm³/mol. The van der Waals surface area contributed by atoms with E-state index >= 15 is 0 Å². The fourth-order valence-electron chi connectivity index (χ4n) is 4.43. The fourth-order valence-corrected chi connectivity index (χ4v) is 4.43. The topological polar surface area (TPSA) is 62.6 Å². The Bertz CT molecular complexity index is 807. The van der Waals surface area contributed by atoms with Gasteiger partial charge in [0, 0.05) is 23.6 Å². The quantitative estimate of drug-likeness (QED) is 0.898. The van der Waals surface area contributed by atoms with Gasteiger partial charge in [-0.05, 0) is 62.8 Å². The van der Waals surface area contributed by atoms with Crippen LogP contribution < -0.4 is 10.2 Å². The monoisotopic (exact) mass is 366 g/mol. The number of benzene rings is 1. The minimum Gasteiger partial charge on any atom is -0.467 e. The number of fused-ring (bicyclic) bond motifs is 1. The second-order valence-electron chi connectivity index (χ2n) is 7.74. The van der Waals surface area contributed by atoms with Gasteiger partial charge in [0.25, 0.3) is 0 Å². The molecule has 2 heterocycles. The number of nitrogens with one attached hydrogen (secondary N) is 1. The van der Waals surface area contributed by atoms with Gasteiger partial charge in [-0.2, -0.15) is 0 Å². The van der Waals surface area contributed by atoms with Crippen LogP contribution in [0, 0.1) is 11.8 Å². The molecule has 27 heavy (non-hydrogen) atoms. The molecular weight excluding hydrogens is 340 g/mol. The molecule has 1 N–H and O–H groups in total. The number of rotatable bonds is 4. The molecule has 5 heteroatoms. The number of para-hydroxylation sites is 1. The highest BCUT2D eigenvalue weighted by molar-refractivity contribution is 5.97. The summed E-state index contributed by atoms with van der Waals surface area (Å²) in [5, 5.41) is 2.95. The maximum Gasteiger partial charge on any atom is 0.230 e. The Balaban J connectivity index is 1.32. The summed E-state index contributed by atoms with van der Waals surface area (Å²) >= 11 is 0. The smallest absolute Gasteiger partial charge is 0.230 e. The van der Waals surface area contributed by atoms with E-state index in [0.29, 0.717) is 6.54 Å². The van der Waals surface area contributed by atoms with Crippen molar-refractivity contribution in [3.8, 4) is 0 Å². The van der Waals surface area contributed by atoms with Crippen LogP contribution in [0.5, 0.6) is 0 Å². The lowest BCUT2D eigenvalue weighted by atomic mass is 9.80. The van der Waals surface area contributed by atoms with Crippen LogP contribution in [-0.2, 0) is 22.6 Å². The standard InChI is InChI=1S/C22H26N2O3/c1-15-13-18-5-2-3-7-20(18)24(15)22(26)17-10-8-16(9-11-17)21(25)23-14-19-6-4-12-27-19/h2-7,12,15-17H,8-11,13-14H2,1H3,(H,23,25). The second-order valence-corrected chi connectivity index (χ2v) is 7.74. The number of hydrogen-bond donors (Lipinski definition) is 1. The van der Waals surface area contributed by atoms with E-state index in [1.54, 1.807) is 6.26 Å². The third-order valence-electron chi connectivity index (χ3n) is 5.91. The number of amides is 2. The van der Waals surface area contributed by atoms with Crippen LogP contribution in [0.4, 0.5) is 5.69 Å². The van der Waals surface area contributed by atoms with Crippen molar-refractivity contribution >= 4 is 17.5 Å². The summed E-state index contributed by atoms with van der Waals surface area (Å²) in [5.74, 6) is 1.06. The van der Waals surface area contributed by atoms with E-state index in [0.717, 1.165) is 43.6 Å². The van der Waals surface area contributed by atoms with Gasteiger partial charge in [-0.25, -0.2) is 0 Å². The van der Waals surface area contributed by atoms with Gasteiger partial charge in [0.05, 0.1) is 12.8 Å². The van der Waals surface area contributed by atoms with E-state index in [2.05, 4.69) is 18.3 Å². The first-order valence-corrected chi connectivity index (χ1v) is 9.84. The van der Waals surface area contributed by atoms with Crippen molar-refractivity contribution in [1.29, 1.82) is 0 Å². The van der Waals surface area contributed by atoms with E-state index in [4.69, 9.17) is 4.42 Å². The maximum atomic E-state index is 13.1. The van der Waals surface area contributed by atoms with Crippen molar-refractivity contribution in [3.63, 3.8) is 0 Å². The average Bonchev–Trinajstić information content (AvgIpc) is 3.32. The molecule has 1 aliphatic heterocycles. The van der Waals surface area contributed by atoms with Crippen LogP contribution in [0.25, 0.3) is 0 Å². The second kappa shape index (κ2) is 7.59. The first-order valence-electron chi connectivity index (χ1n) is 9.84. The van der Waals surface area contributed by atoms with Crippen LogP contribution >= 0.6 is 0 Å². The molecular formula is C22H26N2O3. The van der Waals surface area contributed by atoms with Crippen LogP contribution in [0.2, 0.25) is 0 Å². The van der Waals surface area contributed by atoms with Gasteiger partial charge >= 0.3 is 0 Å². The molecule has 1 unspecified atom stereocenters. The molecule has 4 rings (SSSR count). The maximum absolute atomic E-state index is 13.1. The number of carbonyl (C=O) groups is 2. The van der Waals surface area contributed by atoms with E-state index in [-0.39, 0.29) is 29.7 Å². The Morgan fingerprint density at radius 1 is 1.07 bits per heavy atom. The normalized spacial score (nSPS) is 24.5. The van der Waals surface area contributed by atoms with Gasteiger partial charge in [0.2, 0.25) is 11.8 Å². The Hall–Kier alpha value is -2.56. The molecule has 1 aliphatic carbocycles. The third-order valence-corrected chi connectivity index (χ3v) is 5.91. The SMILES string of the molecule is CC1Cc2ccccc2N1C(=O)C1CCC(C(=O)NCc2ccco2)CC1. The zero-order chi connectivity index (χ0) is 18.8. The van der Waals surface area contributed by atoms with Crippen LogP contribution in [0.1, 0.15) is 43.9 Å². The molecule has 1 fully saturated rings. The summed E-state index contributed by atoms with van der Waals surface area (Å²) in [7, 11) is 0. The lowest BCUT2D eigenvalue weighted by Gasteiger charge is -2.32. The Morgan fingerprint density at radius 2 is 1.81 bits per heavy atom. The zero-order valence-corrected chi connectivity index (χ0v) is 15.7. The van der Waals surface area contributed by atoms with Gasteiger partial charge in [0.1, 0.15) is 5.76 Å². The van der Waals surface area contributed by atoms with Crippen LogP contribution in [0.3, 0.4) is 0 Å². The number of anilines is 1. The first-order chi connectivity index (χ1) is 13.1. The molecule has 142 valence electrons. The van der Waals surface area contributed by atoms with E-state index < -0.39 is 0 Å². The van der Waals surface area contributed by atoms with Gasteiger partial charge in [0.15, 0.2) is 0 Å². The summed E-state index contributed by atoms with van der Waals surface area (Å²) in [6.07, 6.45) is 5.63. The summed E-state index contributed by atoms with van der Waals surface area (Å²) in [4.78, 5) is 27.5. The highest BCUT2D eigenvalue weighted by atomic mass is 16.3. The van der Waals surface area contributed by atoms with Gasteiger partial charge in [-0.1, -0.05) is 18.2 Å². The minimum atomic E-state index is -0.00713. The van der Waals surface area contributed by atoms with E-state index in [1.165, 1.54) is 5.56 Å². The first kappa shape index (κ1) is 17.8. The molecule has 0 saturated heterocycles. The molecule has 0 spiro atoms. The minimum absolute atomic E-state index is 0.00713. The molecule has 1 atom stereocenters. The van der Waals surface area contributed by atoms with Gasteiger partial charge < -0.3 is 14.6 Å². The van der Waals surface area contributed by atoms with Crippen molar-refractivity contribution in [2.45, 2.75) is 51.6 Å². The highest BCUT2D eigenvalue weighted by Crippen LogP contribution is 2.37. The van der Waals surface area contributed by atoms with Crippen LogP contribution in [0.15, 0.2) is 47.1 Å². The Kier molecular flexibility index (Phi) is 5.01. The lowest BCUT2D eigenvalue weighted by Crippen LogP contribution is -2.42. The van der Waals surface area contributed by atoms with Crippen molar-refractivity contribution in [2.75, 3.05) is 4.90 Å². The molecule has 1 aromatic carbocycles. The van der Waals surface area contributed by atoms with E-state index in [1.807, 2.05) is 35.2 Å². The molecule has 1 aromatic heterocycles. The van der Waals surface area contributed by atoms with Crippen molar-refractivity contribution in [2.24, 2.45) is 11.8 Å². The molecule has 2 aromatic rings. The molecule has 1 saturated carbocycles. The van der Waals surface area contributed by atoms with Crippen LogP contribution in [-0.4, -0.2) is 17.9 Å². The molecule has 2 aliphatic rings. The molecule has 0 bridgehead atoms. The van der Waals surface area contributed by atoms with E-state index in [9.17, 15) is 9.59 Å². The zero-order valence-electron chi connectivity index (χ0n) is 15.7. The fraction of sp³-hybridized carbons (Fsp3) is 0.455. The number of hydrogen-bond acceptors (Lipinski definition) is 3. The predicted octanol–water partition coefficient (Wildman–Crippen LogP) is 3.68. The largest absolute Gasteiger partial charge is 0.467 e. The number of nitrogens with zero attached hydrogens (tertiary/aromatic N) is 1. The Labute approximate surface area is 159 Å². The summed E-state index contributed by atoms with van der Waals surface area (Å²) in [5.41, 5.74) is 2.32. The van der Waals surface area contributed by atoms with Gasteiger partial charge in [-0.15, -0.1) is 0 Å². The Morgan fingerprint density at radius 3 is 2.56 bits per heavy atom. The third kappa shape index (κ3) is 3.64. The molecule has 0 radical (unpaired) electrons. The number of furan rings is 1. The summed E-state index contributed by atoms with van der Waals surface area (Å²) in [6, 6.07) is 12.1. The highest BCUT2D eigenvalue weighted by Gasteiger charge is 2.37. The summed E-state index contributed by atoms with van der Waals surface area (Å²) < 4.78 is 5.25. The van der Waals surface area contributed by atoms with Gasteiger partial charge in [-0.3, -0.25) is 9.59 Å². The lowest BCUT2D eigenvalue weighted by molar-refractivity contribution is -0.129. The average molecular weight is 366 g/mol. The van der Waals surface area contributed by atoms with Crippen molar-refractivity contribution in [1.82, 2.24) is 5.32 Å². The molecule has 5 nitrogen and oxygen atoms in total. The summed E-state index contributed by atoms with van der Waals surface area (Å²) in [6.45, 7) is 2.54. The van der Waals surface area contributed by atoms with Crippen molar-refractivity contribution < 1.29 is 14.0 Å². The van der Waals surface area contributed by atoms with Crippen molar-refractivity contribution in [3.05, 3.63) is 54.0 Å².